The number of urea groups is 1. The van der Waals surface area contributed by atoms with Crippen molar-refractivity contribution in [3.05, 3.63) is 0 Å². The predicted molar refractivity (Wildman–Crippen MR) is 70.0 cm³/mol. The summed E-state index contributed by atoms with van der Waals surface area (Å²) in [5.41, 5.74) is 4.81. The molecule has 6 heteroatoms. The van der Waals surface area contributed by atoms with E-state index < -0.39 is 10.4 Å². The molecule has 0 atom stereocenters. The summed E-state index contributed by atoms with van der Waals surface area (Å²) in [6.07, 6.45) is 3.78. The van der Waals surface area contributed by atoms with Crippen LogP contribution in [-0.2, 0) is 9.53 Å². The number of nitrogens with one attached hydrogen (secondary N) is 1. The lowest BCUT2D eigenvalue weighted by atomic mass is 10.0. The number of ether oxygens (including phenoxy) is 1. The maximum absolute atomic E-state index is 11.3. The summed E-state index contributed by atoms with van der Waals surface area (Å²) in [5, 5.41) is 2.04. The molecule has 0 aromatic rings. The van der Waals surface area contributed by atoms with Crippen molar-refractivity contribution < 1.29 is 14.3 Å². The number of imide groups is 1. The Morgan fingerprint density at radius 1 is 1.29 bits per heavy atom. The molecule has 1 aliphatic heterocycles. The molecule has 5 nitrogen and oxygen atoms in total. The van der Waals surface area contributed by atoms with Crippen LogP contribution in [0.4, 0.5) is 4.79 Å². The highest BCUT2D eigenvalue weighted by atomic mass is 79.9. The molecule has 0 aromatic carbocycles. The van der Waals surface area contributed by atoms with E-state index >= 15 is 0 Å². The molecule has 1 saturated heterocycles. The van der Waals surface area contributed by atoms with Gasteiger partial charge in [-0.1, -0.05) is 29.8 Å². The zero-order valence-electron chi connectivity index (χ0n) is 10.4. The lowest BCUT2D eigenvalue weighted by Crippen LogP contribution is -2.46. The van der Waals surface area contributed by atoms with Crippen molar-refractivity contribution in [2.45, 2.75) is 43.9 Å². The molecule has 1 aliphatic rings. The van der Waals surface area contributed by atoms with Crippen LogP contribution in [0.25, 0.3) is 0 Å². The molecule has 0 spiro atoms. The van der Waals surface area contributed by atoms with Crippen molar-refractivity contribution in [2.24, 2.45) is 5.73 Å². The van der Waals surface area contributed by atoms with Gasteiger partial charge >= 0.3 is 6.03 Å². The molecular weight excluding hydrogens is 288 g/mol. The highest BCUT2D eigenvalue weighted by molar-refractivity contribution is 9.10. The quantitative estimate of drug-likeness (QED) is 0.782. The Labute approximate surface area is 111 Å². The molecule has 0 aromatic heterocycles. The van der Waals surface area contributed by atoms with Crippen LogP contribution < -0.4 is 11.1 Å². The summed E-state index contributed by atoms with van der Waals surface area (Å²) in [4.78, 5) is 21.6. The second-order valence-electron chi connectivity index (χ2n) is 3.81. The van der Waals surface area contributed by atoms with Gasteiger partial charge in [-0.2, -0.15) is 0 Å². The van der Waals surface area contributed by atoms with Gasteiger partial charge in [0.15, 0.2) is 0 Å². The van der Waals surface area contributed by atoms with E-state index in [1.807, 2.05) is 19.2 Å². The zero-order valence-corrected chi connectivity index (χ0v) is 12.0. The van der Waals surface area contributed by atoms with E-state index in [0.29, 0.717) is 12.8 Å². The number of carbonyl (C=O) groups is 2. The molecular formula is C11H21BrN2O3. The minimum absolute atomic E-state index is 0.375. The summed E-state index contributed by atoms with van der Waals surface area (Å²) in [6, 6.07) is -0.814. The first-order valence-corrected chi connectivity index (χ1v) is 6.63. The molecule has 0 saturated carbocycles. The van der Waals surface area contributed by atoms with E-state index in [4.69, 9.17) is 10.5 Å². The molecule has 3 amide bonds. The van der Waals surface area contributed by atoms with Gasteiger partial charge in [0, 0.05) is 13.2 Å². The Morgan fingerprint density at radius 2 is 1.76 bits per heavy atom. The second-order valence-corrected chi connectivity index (χ2v) is 5.33. The van der Waals surface area contributed by atoms with Crippen LogP contribution in [0.2, 0.25) is 0 Å². The van der Waals surface area contributed by atoms with Gasteiger partial charge in [-0.3, -0.25) is 10.1 Å². The van der Waals surface area contributed by atoms with Crippen molar-refractivity contribution in [2.75, 3.05) is 13.2 Å². The Kier molecular flexibility index (Phi) is 8.16. The van der Waals surface area contributed by atoms with Gasteiger partial charge in [0.1, 0.15) is 4.32 Å². The molecule has 0 unspecified atom stereocenters. The van der Waals surface area contributed by atoms with Crippen LogP contribution >= 0.6 is 15.9 Å². The number of carbonyl (C=O) groups excluding carboxylic acids is 2. The monoisotopic (exact) mass is 308 g/mol. The van der Waals surface area contributed by atoms with Crippen molar-refractivity contribution in [3.8, 4) is 0 Å². The largest absolute Gasteiger partial charge is 0.381 e. The van der Waals surface area contributed by atoms with Crippen molar-refractivity contribution in [1.82, 2.24) is 5.32 Å². The van der Waals surface area contributed by atoms with Gasteiger partial charge < -0.3 is 10.5 Å². The molecule has 17 heavy (non-hydrogen) atoms. The lowest BCUT2D eigenvalue weighted by molar-refractivity contribution is -0.122. The summed E-state index contributed by atoms with van der Waals surface area (Å²) < 4.78 is 4.28. The Balaban J connectivity index is 0.000000419. The fourth-order valence-electron chi connectivity index (χ4n) is 1.31. The van der Waals surface area contributed by atoms with Crippen LogP contribution in [0.15, 0.2) is 0 Å². The summed E-state index contributed by atoms with van der Waals surface area (Å²) in [5.74, 6) is -0.375. The number of rotatable bonds is 3. The SMILES string of the molecule is C1CCOC1.CCC(Br)(CC)C(=O)NC(N)=O. The first-order chi connectivity index (χ1) is 7.96. The number of hydrogen-bond acceptors (Lipinski definition) is 3. The van der Waals surface area contributed by atoms with E-state index in [0.717, 1.165) is 13.2 Å². The standard InChI is InChI=1S/C7H13BrN2O2.C4H8O/c1-3-7(8,4-2)5(11)10-6(9)12;1-2-4-5-3-1/h3-4H2,1-2H3,(H3,9,10,11,12);1-4H2. The second kappa shape index (κ2) is 8.47. The molecule has 3 N–H and O–H groups in total. The lowest BCUT2D eigenvalue weighted by Gasteiger charge is -2.21. The minimum Gasteiger partial charge on any atom is -0.381 e. The number of primary amides is 1. The predicted octanol–water partition coefficient (Wildman–Crippen LogP) is 1.93. The normalized spacial score (nSPS) is 14.8. The summed E-state index contributed by atoms with van der Waals surface area (Å²) in [6.45, 7) is 5.72. The van der Waals surface area contributed by atoms with E-state index in [1.165, 1.54) is 12.8 Å². The highest BCUT2D eigenvalue weighted by Crippen LogP contribution is 2.26. The number of hydrogen-bond donors (Lipinski definition) is 2. The molecule has 0 aliphatic carbocycles. The topological polar surface area (TPSA) is 81.4 Å². The summed E-state index contributed by atoms with van der Waals surface area (Å²) in [7, 11) is 0. The number of amides is 3. The highest BCUT2D eigenvalue weighted by Gasteiger charge is 2.32. The van der Waals surface area contributed by atoms with Gasteiger partial charge in [0.05, 0.1) is 0 Å². The van der Waals surface area contributed by atoms with Crippen molar-refractivity contribution >= 4 is 27.9 Å². The van der Waals surface area contributed by atoms with Gasteiger partial charge in [-0.05, 0) is 25.7 Å². The van der Waals surface area contributed by atoms with Gasteiger partial charge in [-0.25, -0.2) is 4.79 Å². The van der Waals surface area contributed by atoms with E-state index in [9.17, 15) is 9.59 Å². The van der Waals surface area contributed by atoms with Gasteiger partial charge in [0.25, 0.3) is 0 Å². The average molecular weight is 309 g/mol. The molecule has 1 rings (SSSR count). The third-order valence-electron chi connectivity index (χ3n) is 2.59. The number of alkyl halides is 1. The maximum Gasteiger partial charge on any atom is 0.318 e. The van der Waals surface area contributed by atoms with Crippen LogP contribution in [0.5, 0.6) is 0 Å². The fraction of sp³-hybridized carbons (Fsp3) is 0.818. The molecule has 1 fully saturated rings. The third kappa shape index (κ3) is 6.63. The number of halogens is 1. The van der Waals surface area contributed by atoms with Gasteiger partial charge in [0.2, 0.25) is 5.91 Å². The fourth-order valence-corrected chi connectivity index (χ4v) is 1.40. The Hall–Kier alpha value is -0.620. The Morgan fingerprint density at radius 3 is 2.00 bits per heavy atom. The average Bonchev–Trinajstić information content (AvgIpc) is 2.85. The Bertz CT molecular complexity index is 243. The van der Waals surface area contributed by atoms with Crippen LogP contribution in [-0.4, -0.2) is 29.5 Å². The first kappa shape index (κ1) is 16.4. The molecule has 100 valence electrons. The van der Waals surface area contributed by atoms with E-state index in [2.05, 4.69) is 15.9 Å². The third-order valence-corrected chi connectivity index (χ3v) is 4.07. The summed E-state index contributed by atoms with van der Waals surface area (Å²) >= 11 is 3.26. The zero-order chi connectivity index (χ0) is 13.3. The minimum atomic E-state index is -0.814. The van der Waals surface area contributed by atoms with E-state index in [1.54, 1.807) is 0 Å². The first-order valence-electron chi connectivity index (χ1n) is 5.83. The van der Waals surface area contributed by atoms with Crippen LogP contribution in [0.3, 0.4) is 0 Å². The molecule has 0 bridgehead atoms. The smallest absolute Gasteiger partial charge is 0.318 e. The van der Waals surface area contributed by atoms with E-state index in [-0.39, 0.29) is 5.91 Å². The molecule has 0 radical (unpaired) electrons. The number of nitrogens with two attached hydrogens (primary N) is 1. The van der Waals surface area contributed by atoms with Crippen LogP contribution in [0, 0.1) is 0 Å². The van der Waals surface area contributed by atoms with Crippen molar-refractivity contribution in [1.29, 1.82) is 0 Å². The van der Waals surface area contributed by atoms with Crippen LogP contribution in [0.1, 0.15) is 39.5 Å². The molecule has 1 heterocycles. The maximum atomic E-state index is 11.3. The van der Waals surface area contributed by atoms with Crippen molar-refractivity contribution in [3.63, 3.8) is 0 Å². The van der Waals surface area contributed by atoms with Gasteiger partial charge in [-0.15, -0.1) is 0 Å².